The second-order valence-electron chi connectivity index (χ2n) is 6.69. The number of benzene rings is 3. The Hall–Kier alpha value is -3.60. The highest BCUT2D eigenvalue weighted by atomic mass is 16.4. The third-order valence-electron chi connectivity index (χ3n) is 4.75. The lowest BCUT2D eigenvalue weighted by Crippen LogP contribution is -2.29. The van der Waals surface area contributed by atoms with E-state index in [-0.39, 0.29) is 11.9 Å². The number of carbonyl (C=O) groups is 1. The first-order valence-corrected chi connectivity index (χ1v) is 9.22. The van der Waals surface area contributed by atoms with E-state index in [1.807, 2.05) is 48.5 Å². The van der Waals surface area contributed by atoms with Crippen molar-refractivity contribution >= 4 is 17.0 Å². The Balaban J connectivity index is 1.55. The molecular weight excluding hydrogens is 352 g/mol. The van der Waals surface area contributed by atoms with Gasteiger partial charge in [-0.2, -0.15) is 0 Å². The Labute approximate surface area is 162 Å². The number of aryl methyl sites for hydroxylation is 1. The Kier molecular flexibility index (Phi) is 5.06. The van der Waals surface area contributed by atoms with Gasteiger partial charge in [-0.05, 0) is 42.2 Å². The zero-order chi connectivity index (χ0) is 19.3. The molecule has 0 saturated heterocycles. The highest BCUT2D eigenvalue weighted by Gasteiger charge is 2.17. The number of hydrogen-bond donors (Lipinski definition) is 2. The van der Waals surface area contributed by atoms with Crippen molar-refractivity contribution in [2.45, 2.75) is 18.9 Å². The molecule has 2 N–H and O–H groups in total. The molecule has 5 nitrogen and oxygen atoms in total. The molecule has 0 aliphatic heterocycles. The van der Waals surface area contributed by atoms with Crippen molar-refractivity contribution < 1.29 is 9.21 Å². The molecule has 1 amide bonds. The fourth-order valence-electron chi connectivity index (χ4n) is 3.29. The molecule has 0 spiro atoms. The minimum atomic E-state index is -0.530. The average molecular weight is 372 g/mol. The smallest absolute Gasteiger partial charge is 0.408 e. The molecule has 1 heterocycles. The quantitative estimate of drug-likeness (QED) is 0.532. The predicted molar refractivity (Wildman–Crippen MR) is 108 cm³/mol. The summed E-state index contributed by atoms with van der Waals surface area (Å²) >= 11 is 0. The van der Waals surface area contributed by atoms with Crippen LogP contribution in [0.4, 0.5) is 0 Å². The number of fused-ring (bicyclic) bond motifs is 1. The summed E-state index contributed by atoms with van der Waals surface area (Å²) < 4.78 is 5.06. The number of aromatic amines is 1. The number of aromatic nitrogens is 1. The van der Waals surface area contributed by atoms with Gasteiger partial charge < -0.3 is 9.73 Å². The summed E-state index contributed by atoms with van der Waals surface area (Å²) in [5.74, 6) is -0.731. The molecule has 0 bridgehead atoms. The highest BCUT2D eigenvalue weighted by Crippen LogP contribution is 2.21. The minimum Gasteiger partial charge on any atom is -0.408 e. The summed E-state index contributed by atoms with van der Waals surface area (Å²) in [6.45, 7) is 0. The molecule has 3 aromatic carbocycles. The van der Waals surface area contributed by atoms with Crippen LogP contribution in [0.1, 0.15) is 33.9 Å². The topological polar surface area (TPSA) is 75.1 Å². The monoisotopic (exact) mass is 372 g/mol. The standard InChI is InChI=1S/C23H20N2O3/c26-22(18-12-14-20-21(15-18)28-23(27)25-20)24-19(17-9-5-2-6-10-17)13-11-16-7-3-1-4-8-16/h1-10,12,14-15,19H,11,13H2,(H,24,26)(H,25,27). The first-order valence-electron chi connectivity index (χ1n) is 9.22. The van der Waals surface area contributed by atoms with Crippen molar-refractivity contribution in [3.05, 3.63) is 106 Å². The van der Waals surface area contributed by atoms with Crippen LogP contribution >= 0.6 is 0 Å². The maximum Gasteiger partial charge on any atom is 0.417 e. The number of hydrogen-bond acceptors (Lipinski definition) is 3. The van der Waals surface area contributed by atoms with Crippen molar-refractivity contribution in [1.82, 2.24) is 10.3 Å². The summed E-state index contributed by atoms with van der Waals surface area (Å²) in [4.78, 5) is 26.8. The minimum absolute atomic E-state index is 0.122. The molecular formula is C23H20N2O3. The summed E-state index contributed by atoms with van der Waals surface area (Å²) in [5.41, 5.74) is 3.69. The number of rotatable bonds is 6. The lowest BCUT2D eigenvalue weighted by atomic mass is 9.98. The molecule has 4 aromatic rings. The Bertz CT molecular complexity index is 1130. The van der Waals surface area contributed by atoms with Crippen molar-refractivity contribution in [3.8, 4) is 0 Å². The third-order valence-corrected chi connectivity index (χ3v) is 4.75. The van der Waals surface area contributed by atoms with Gasteiger partial charge in [-0.3, -0.25) is 9.78 Å². The van der Waals surface area contributed by atoms with Gasteiger partial charge in [0.2, 0.25) is 0 Å². The number of oxazole rings is 1. The van der Waals surface area contributed by atoms with Gasteiger partial charge in [-0.25, -0.2) is 4.79 Å². The van der Waals surface area contributed by atoms with Crippen molar-refractivity contribution in [2.75, 3.05) is 0 Å². The number of H-pyrrole nitrogens is 1. The van der Waals surface area contributed by atoms with Crippen LogP contribution in [0.25, 0.3) is 11.1 Å². The molecule has 0 radical (unpaired) electrons. The van der Waals surface area contributed by atoms with E-state index >= 15 is 0 Å². The molecule has 28 heavy (non-hydrogen) atoms. The molecule has 4 rings (SSSR count). The number of carbonyl (C=O) groups excluding carboxylic acids is 1. The fraction of sp³-hybridized carbons (Fsp3) is 0.130. The predicted octanol–water partition coefficient (Wildman–Crippen LogP) is 4.23. The Morgan fingerprint density at radius 3 is 2.43 bits per heavy atom. The number of amides is 1. The zero-order valence-corrected chi connectivity index (χ0v) is 15.2. The third kappa shape index (κ3) is 4.04. The molecule has 0 fully saturated rings. The lowest BCUT2D eigenvalue weighted by Gasteiger charge is -2.19. The van der Waals surface area contributed by atoms with Crippen LogP contribution in [-0.2, 0) is 6.42 Å². The second kappa shape index (κ2) is 7.96. The van der Waals surface area contributed by atoms with Gasteiger partial charge in [0.1, 0.15) is 0 Å². The zero-order valence-electron chi connectivity index (χ0n) is 15.2. The number of nitrogens with one attached hydrogen (secondary N) is 2. The van der Waals surface area contributed by atoms with Gasteiger partial charge >= 0.3 is 5.76 Å². The van der Waals surface area contributed by atoms with Gasteiger partial charge in [0.15, 0.2) is 5.58 Å². The molecule has 0 saturated carbocycles. The molecule has 1 aromatic heterocycles. The normalized spacial score (nSPS) is 12.0. The van der Waals surface area contributed by atoms with E-state index in [1.165, 1.54) is 5.56 Å². The summed E-state index contributed by atoms with van der Waals surface area (Å²) in [6, 6.07) is 25.0. The van der Waals surface area contributed by atoms with E-state index in [0.717, 1.165) is 18.4 Å². The van der Waals surface area contributed by atoms with E-state index < -0.39 is 5.76 Å². The molecule has 1 atom stereocenters. The summed E-state index contributed by atoms with van der Waals surface area (Å²) in [7, 11) is 0. The van der Waals surface area contributed by atoms with E-state index in [0.29, 0.717) is 16.7 Å². The van der Waals surface area contributed by atoms with Gasteiger partial charge in [-0.1, -0.05) is 60.7 Å². The SMILES string of the molecule is O=C(NC(CCc1ccccc1)c1ccccc1)c1ccc2[nH]c(=O)oc2c1. The van der Waals surface area contributed by atoms with Gasteiger partial charge in [0.05, 0.1) is 11.6 Å². The summed E-state index contributed by atoms with van der Waals surface area (Å²) in [6.07, 6.45) is 1.63. The van der Waals surface area contributed by atoms with Gasteiger partial charge in [-0.15, -0.1) is 0 Å². The largest absolute Gasteiger partial charge is 0.417 e. The van der Waals surface area contributed by atoms with Crippen LogP contribution in [-0.4, -0.2) is 10.9 Å². The van der Waals surface area contributed by atoms with E-state index in [2.05, 4.69) is 22.4 Å². The molecule has 0 aliphatic rings. The van der Waals surface area contributed by atoms with E-state index in [4.69, 9.17) is 4.42 Å². The Morgan fingerprint density at radius 2 is 1.68 bits per heavy atom. The van der Waals surface area contributed by atoms with Crippen LogP contribution < -0.4 is 11.1 Å². The van der Waals surface area contributed by atoms with Crippen LogP contribution in [0.3, 0.4) is 0 Å². The van der Waals surface area contributed by atoms with Crippen LogP contribution in [0, 0.1) is 0 Å². The first kappa shape index (κ1) is 17.8. The highest BCUT2D eigenvalue weighted by molar-refractivity contribution is 5.97. The summed E-state index contributed by atoms with van der Waals surface area (Å²) in [5, 5.41) is 3.12. The van der Waals surface area contributed by atoms with E-state index in [9.17, 15) is 9.59 Å². The van der Waals surface area contributed by atoms with Crippen LogP contribution in [0.5, 0.6) is 0 Å². The van der Waals surface area contributed by atoms with Crippen molar-refractivity contribution in [1.29, 1.82) is 0 Å². The van der Waals surface area contributed by atoms with Gasteiger partial charge in [0.25, 0.3) is 5.91 Å². The first-order chi connectivity index (χ1) is 13.7. The van der Waals surface area contributed by atoms with Crippen LogP contribution in [0.2, 0.25) is 0 Å². The molecule has 140 valence electrons. The Morgan fingerprint density at radius 1 is 0.964 bits per heavy atom. The molecule has 0 aliphatic carbocycles. The van der Waals surface area contributed by atoms with Crippen molar-refractivity contribution in [3.63, 3.8) is 0 Å². The maximum atomic E-state index is 12.8. The average Bonchev–Trinajstić information content (AvgIpc) is 3.11. The maximum absolute atomic E-state index is 12.8. The lowest BCUT2D eigenvalue weighted by molar-refractivity contribution is 0.0934. The second-order valence-corrected chi connectivity index (χ2v) is 6.69. The molecule has 1 unspecified atom stereocenters. The fourth-order valence-corrected chi connectivity index (χ4v) is 3.29. The molecule has 5 heteroatoms. The van der Waals surface area contributed by atoms with Crippen molar-refractivity contribution in [2.24, 2.45) is 0 Å². The van der Waals surface area contributed by atoms with Crippen LogP contribution in [0.15, 0.2) is 88.1 Å². The van der Waals surface area contributed by atoms with E-state index in [1.54, 1.807) is 18.2 Å². The van der Waals surface area contributed by atoms with Gasteiger partial charge in [0, 0.05) is 5.56 Å².